The number of aromatic carboxylic acids is 1. The van der Waals surface area contributed by atoms with Crippen LogP contribution in [0.5, 0.6) is 0 Å². The molecule has 0 aliphatic rings. The fourth-order valence-electron chi connectivity index (χ4n) is 1.78. The molecule has 0 fully saturated rings. The van der Waals surface area contributed by atoms with Crippen molar-refractivity contribution < 1.29 is 9.90 Å². The molecule has 0 radical (unpaired) electrons. The van der Waals surface area contributed by atoms with Crippen molar-refractivity contribution in [2.75, 3.05) is 0 Å². The third-order valence-corrected chi connectivity index (χ3v) is 3.07. The van der Waals surface area contributed by atoms with Crippen LogP contribution in [0.1, 0.15) is 47.1 Å². The molecule has 2 rings (SSSR count). The zero-order chi connectivity index (χ0) is 14.2. The Morgan fingerprint density at radius 1 is 1.32 bits per heavy atom. The van der Waals surface area contributed by atoms with Gasteiger partial charge in [0.1, 0.15) is 5.56 Å². The average molecular weight is 260 g/mol. The Morgan fingerprint density at radius 2 is 2.00 bits per heavy atom. The van der Waals surface area contributed by atoms with Crippen molar-refractivity contribution in [1.29, 1.82) is 0 Å². The van der Waals surface area contributed by atoms with Crippen molar-refractivity contribution in [3.63, 3.8) is 0 Å². The second-order valence-corrected chi connectivity index (χ2v) is 4.75. The van der Waals surface area contributed by atoms with Crippen LogP contribution in [0.15, 0.2) is 12.3 Å². The summed E-state index contributed by atoms with van der Waals surface area (Å²) in [7, 11) is 0. The van der Waals surface area contributed by atoms with Gasteiger partial charge in [0.05, 0.1) is 11.4 Å². The van der Waals surface area contributed by atoms with Crippen LogP contribution < -0.4 is 0 Å². The first-order chi connectivity index (χ1) is 8.91. The molecule has 0 aromatic carbocycles. The normalized spacial score (nSPS) is 11.0. The Kier molecular flexibility index (Phi) is 3.33. The summed E-state index contributed by atoms with van der Waals surface area (Å²) < 4.78 is 1.47. The number of aryl methyl sites for hydroxylation is 1. The molecule has 0 aliphatic carbocycles. The van der Waals surface area contributed by atoms with Gasteiger partial charge < -0.3 is 5.11 Å². The first kappa shape index (κ1) is 13.2. The number of hydrogen-bond donors (Lipinski definition) is 1. The third-order valence-electron chi connectivity index (χ3n) is 3.07. The summed E-state index contributed by atoms with van der Waals surface area (Å²) in [6, 6.07) is 1.85. The fourth-order valence-corrected chi connectivity index (χ4v) is 1.78. The van der Waals surface area contributed by atoms with Crippen LogP contribution in [-0.4, -0.2) is 31.1 Å². The zero-order valence-corrected chi connectivity index (χ0v) is 11.4. The molecular weight excluding hydrogens is 244 g/mol. The first-order valence-electron chi connectivity index (χ1n) is 6.05. The third kappa shape index (κ3) is 2.33. The molecular formula is C13H16N4O2. The summed E-state index contributed by atoms with van der Waals surface area (Å²) in [6.07, 6.45) is 1.71. The van der Waals surface area contributed by atoms with Gasteiger partial charge in [-0.15, -0.1) is 5.10 Å². The highest BCUT2D eigenvalue weighted by Gasteiger charge is 2.20. The minimum atomic E-state index is -1.02. The number of carboxylic acid groups (broad SMARTS) is 1. The van der Waals surface area contributed by atoms with Crippen molar-refractivity contribution in [2.45, 2.75) is 33.6 Å². The molecule has 0 amide bonds. The first-order valence-corrected chi connectivity index (χ1v) is 6.05. The Bertz CT molecular complexity index is 632. The van der Waals surface area contributed by atoms with Crippen molar-refractivity contribution in [1.82, 2.24) is 20.0 Å². The van der Waals surface area contributed by atoms with E-state index in [0.29, 0.717) is 11.3 Å². The van der Waals surface area contributed by atoms with E-state index in [2.05, 4.69) is 15.3 Å². The molecule has 2 aromatic rings. The maximum Gasteiger partial charge on any atom is 0.339 e. The van der Waals surface area contributed by atoms with E-state index in [1.54, 1.807) is 20.0 Å². The van der Waals surface area contributed by atoms with Gasteiger partial charge in [0.15, 0.2) is 5.82 Å². The van der Waals surface area contributed by atoms with E-state index < -0.39 is 5.97 Å². The highest BCUT2D eigenvalue weighted by Crippen LogP contribution is 2.19. The molecule has 2 aromatic heterocycles. The summed E-state index contributed by atoms with van der Waals surface area (Å²) in [4.78, 5) is 11.4. The lowest BCUT2D eigenvalue weighted by molar-refractivity contribution is 0.0695. The number of aromatic nitrogens is 4. The van der Waals surface area contributed by atoms with E-state index in [9.17, 15) is 9.90 Å². The van der Waals surface area contributed by atoms with Crippen LogP contribution in [0.2, 0.25) is 0 Å². The molecule has 6 nitrogen and oxygen atoms in total. The van der Waals surface area contributed by atoms with Crippen molar-refractivity contribution in [3.05, 3.63) is 34.8 Å². The molecule has 0 atom stereocenters. The topological polar surface area (TPSA) is 80.9 Å². The lowest BCUT2D eigenvalue weighted by atomic mass is 10.1. The number of hydrogen-bond acceptors (Lipinski definition) is 4. The summed E-state index contributed by atoms with van der Waals surface area (Å²) in [5, 5.41) is 21.6. The molecule has 0 spiro atoms. The summed E-state index contributed by atoms with van der Waals surface area (Å²) in [5.74, 6) is -0.497. The molecule has 19 heavy (non-hydrogen) atoms. The lowest BCUT2D eigenvalue weighted by Crippen LogP contribution is -2.13. The molecule has 100 valence electrons. The Labute approximate surface area is 111 Å². The van der Waals surface area contributed by atoms with E-state index in [0.717, 1.165) is 5.69 Å². The maximum atomic E-state index is 11.4. The number of nitrogens with zero attached hydrogens (tertiary/aromatic N) is 4. The van der Waals surface area contributed by atoms with Crippen LogP contribution in [-0.2, 0) is 0 Å². The van der Waals surface area contributed by atoms with E-state index in [-0.39, 0.29) is 17.3 Å². The number of rotatable bonds is 3. The zero-order valence-electron chi connectivity index (χ0n) is 11.4. The second kappa shape index (κ2) is 4.79. The van der Waals surface area contributed by atoms with Crippen molar-refractivity contribution in [2.24, 2.45) is 0 Å². The number of carboxylic acids is 1. The predicted molar refractivity (Wildman–Crippen MR) is 69.7 cm³/mol. The van der Waals surface area contributed by atoms with E-state index >= 15 is 0 Å². The van der Waals surface area contributed by atoms with Crippen LogP contribution >= 0.6 is 0 Å². The van der Waals surface area contributed by atoms with Crippen LogP contribution in [0.25, 0.3) is 5.82 Å². The van der Waals surface area contributed by atoms with Gasteiger partial charge in [-0.25, -0.2) is 9.48 Å². The van der Waals surface area contributed by atoms with Crippen molar-refractivity contribution >= 4 is 5.97 Å². The Hall–Kier alpha value is -2.24. The minimum Gasteiger partial charge on any atom is -0.478 e. The van der Waals surface area contributed by atoms with Crippen LogP contribution in [0.4, 0.5) is 0 Å². The molecule has 0 aliphatic heterocycles. The van der Waals surface area contributed by atoms with Gasteiger partial charge in [-0.05, 0) is 31.4 Å². The van der Waals surface area contributed by atoms with Gasteiger partial charge in [0, 0.05) is 6.20 Å². The summed E-state index contributed by atoms with van der Waals surface area (Å²) >= 11 is 0. The molecule has 0 saturated heterocycles. The van der Waals surface area contributed by atoms with Gasteiger partial charge in [-0.2, -0.15) is 10.2 Å². The van der Waals surface area contributed by atoms with E-state index in [1.165, 1.54) is 4.68 Å². The monoisotopic (exact) mass is 260 g/mol. The average Bonchev–Trinajstić information content (AvgIpc) is 2.81. The van der Waals surface area contributed by atoms with Gasteiger partial charge in [-0.3, -0.25) is 0 Å². The van der Waals surface area contributed by atoms with Gasteiger partial charge in [0.25, 0.3) is 0 Å². The maximum absolute atomic E-state index is 11.4. The predicted octanol–water partition coefficient (Wildman–Crippen LogP) is 2.10. The molecule has 0 unspecified atom stereocenters. The molecule has 0 bridgehead atoms. The molecule has 1 N–H and O–H groups in total. The molecule has 2 heterocycles. The van der Waals surface area contributed by atoms with E-state index in [1.807, 2.05) is 19.9 Å². The largest absolute Gasteiger partial charge is 0.478 e. The van der Waals surface area contributed by atoms with Crippen LogP contribution in [0.3, 0.4) is 0 Å². The smallest absolute Gasteiger partial charge is 0.339 e. The SMILES string of the molecule is Cc1nnc(-n2ccc(C(C)C)n2)c(C(=O)O)c1C. The highest BCUT2D eigenvalue weighted by molar-refractivity contribution is 5.92. The number of carbonyl (C=O) groups is 1. The van der Waals surface area contributed by atoms with Gasteiger partial charge in [0.2, 0.25) is 0 Å². The fraction of sp³-hybridized carbons (Fsp3) is 0.385. The Balaban J connectivity index is 2.61. The highest BCUT2D eigenvalue weighted by atomic mass is 16.4. The lowest BCUT2D eigenvalue weighted by Gasteiger charge is -2.09. The second-order valence-electron chi connectivity index (χ2n) is 4.75. The summed E-state index contributed by atoms with van der Waals surface area (Å²) in [5.41, 5.74) is 2.25. The molecule has 6 heteroatoms. The quantitative estimate of drug-likeness (QED) is 0.914. The van der Waals surface area contributed by atoms with Gasteiger partial charge >= 0.3 is 5.97 Å². The minimum absolute atomic E-state index is 0.144. The van der Waals surface area contributed by atoms with Gasteiger partial charge in [-0.1, -0.05) is 13.8 Å². The standard InChI is InChI=1S/C13H16N4O2/c1-7(2)10-5-6-17(16-10)12-11(13(18)19)8(3)9(4)14-15-12/h5-7H,1-4H3,(H,18,19). The van der Waals surface area contributed by atoms with E-state index in [4.69, 9.17) is 0 Å². The van der Waals surface area contributed by atoms with Crippen LogP contribution in [0, 0.1) is 13.8 Å². The molecule has 0 saturated carbocycles. The van der Waals surface area contributed by atoms with Crippen molar-refractivity contribution in [3.8, 4) is 5.82 Å². The Morgan fingerprint density at radius 3 is 2.53 bits per heavy atom. The summed E-state index contributed by atoms with van der Waals surface area (Å²) in [6.45, 7) is 7.51.